The van der Waals surface area contributed by atoms with E-state index in [4.69, 9.17) is 10.00 Å². The Morgan fingerprint density at radius 2 is 2.09 bits per heavy atom. The summed E-state index contributed by atoms with van der Waals surface area (Å²) in [4.78, 5) is 26.3. The summed E-state index contributed by atoms with van der Waals surface area (Å²) in [5.74, 6) is -0.571. The largest absolute Gasteiger partial charge is 0.452 e. The minimum Gasteiger partial charge on any atom is -0.452 e. The summed E-state index contributed by atoms with van der Waals surface area (Å²) in [5.41, 5.74) is 2.29. The lowest BCUT2D eigenvalue weighted by atomic mass is 10.2. The third kappa shape index (κ3) is 6.33. The van der Waals surface area contributed by atoms with Gasteiger partial charge >= 0.3 is 5.97 Å². The van der Waals surface area contributed by atoms with E-state index in [-0.39, 0.29) is 18.1 Å². The molecule has 0 fully saturated rings. The summed E-state index contributed by atoms with van der Waals surface area (Å²) in [5, 5.41) is 8.52. The van der Waals surface area contributed by atoms with Crippen molar-refractivity contribution in [1.29, 1.82) is 5.26 Å². The van der Waals surface area contributed by atoms with Gasteiger partial charge in [-0.1, -0.05) is 17.7 Å². The van der Waals surface area contributed by atoms with Crippen LogP contribution in [0.4, 0.5) is 0 Å². The molecular formula is C17H22N2O3S. The SMILES string of the molecule is Cc1ccc(SCC(=O)O[C@H](C)C(=O)N(C)CCC#N)c(C)c1. The predicted molar refractivity (Wildman–Crippen MR) is 90.1 cm³/mol. The lowest BCUT2D eigenvalue weighted by molar-refractivity contribution is -0.156. The van der Waals surface area contributed by atoms with Gasteiger partial charge in [-0.2, -0.15) is 5.26 Å². The van der Waals surface area contributed by atoms with Crippen LogP contribution in [0.5, 0.6) is 0 Å². The minimum atomic E-state index is -0.842. The summed E-state index contributed by atoms with van der Waals surface area (Å²) >= 11 is 1.40. The van der Waals surface area contributed by atoms with Gasteiger partial charge in [0.05, 0.1) is 18.2 Å². The van der Waals surface area contributed by atoms with Crippen molar-refractivity contribution in [2.45, 2.75) is 38.2 Å². The zero-order valence-electron chi connectivity index (χ0n) is 14.0. The van der Waals surface area contributed by atoms with Gasteiger partial charge in [0.25, 0.3) is 5.91 Å². The predicted octanol–water partition coefficient (Wildman–Crippen LogP) is 2.70. The summed E-state index contributed by atoms with van der Waals surface area (Å²) in [6, 6.07) is 8.01. The number of ether oxygens (including phenoxy) is 1. The van der Waals surface area contributed by atoms with Gasteiger partial charge in [-0.3, -0.25) is 9.59 Å². The zero-order chi connectivity index (χ0) is 17.4. The van der Waals surface area contributed by atoms with Gasteiger partial charge < -0.3 is 9.64 Å². The fourth-order valence-electron chi connectivity index (χ4n) is 2.02. The standard InChI is InChI=1S/C17H22N2O3S/c1-12-6-7-15(13(2)10-12)23-11-16(20)22-14(3)17(21)19(4)9-5-8-18/h6-7,10,14H,5,9,11H2,1-4H3/t14-/m1/s1. The van der Waals surface area contributed by atoms with Crippen molar-refractivity contribution in [1.82, 2.24) is 4.90 Å². The number of likely N-dealkylation sites (N-methyl/N-ethyl adjacent to an activating group) is 1. The number of aryl methyl sites for hydroxylation is 2. The number of carbonyl (C=O) groups excluding carboxylic acids is 2. The van der Waals surface area contributed by atoms with E-state index in [1.165, 1.54) is 22.2 Å². The first-order valence-corrected chi connectivity index (χ1v) is 8.35. The molecule has 0 saturated carbocycles. The van der Waals surface area contributed by atoms with Crippen molar-refractivity contribution < 1.29 is 14.3 Å². The topological polar surface area (TPSA) is 70.4 Å². The molecular weight excluding hydrogens is 312 g/mol. The Morgan fingerprint density at radius 1 is 1.39 bits per heavy atom. The Hall–Kier alpha value is -2.00. The van der Waals surface area contributed by atoms with Crippen molar-refractivity contribution in [2.75, 3.05) is 19.3 Å². The number of nitriles is 1. The first-order valence-electron chi connectivity index (χ1n) is 7.36. The van der Waals surface area contributed by atoms with Gasteiger partial charge in [0.2, 0.25) is 0 Å². The normalized spacial score (nSPS) is 11.4. The quantitative estimate of drug-likeness (QED) is 0.566. The zero-order valence-corrected chi connectivity index (χ0v) is 14.8. The third-order valence-corrected chi connectivity index (χ3v) is 4.42. The number of carbonyl (C=O) groups is 2. The number of rotatable bonds is 7. The van der Waals surface area contributed by atoms with Gasteiger partial charge in [-0.25, -0.2) is 0 Å². The average molecular weight is 334 g/mol. The van der Waals surface area contributed by atoms with Crippen LogP contribution in [-0.4, -0.2) is 42.2 Å². The van der Waals surface area contributed by atoms with Crippen molar-refractivity contribution in [3.05, 3.63) is 29.3 Å². The van der Waals surface area contributed by atoms with Crippen LogP contribution in [-0.2, 0) is 14.3 Å². The van der Waals surface area contributed by atoms with Crippen LogP contribution < -0.4 is 0 Å². The van der Waals surface area contributed by atoms with Crippen LogP contribution in [0, 0.1) is 25.2 Å². The van der Waals surface area contributed by atoms with Crippen LogP contribution in [0.1, 0.15) is 24.5 Å². The highest BCUT2D eigenvalue weighted by molar-refractivity contribution is 8.00. The number of hydrogen-bond donors (Lipinski definition) is 0. The molecule has 0 saturated heterocycles. The maximum Gasteiger partial charge on any atom is 0.317 e. The lowest BCUT2D eigenvalue weighted by Gasteiger charge is -2.20. The molecule has 0 radical (unpaired) electrons. The molecule has 0 bridgehead atoms. The molecule has 0 aromatic heterocycles. The Kier molecular flexibility index (Phi) is 7.63. The molecule has 1 aromatic rings. The molecule has 1 rings (SSSR count). The van der Waals surface area contributed by atoms with E-state index in [0.29, 0.717) is 6.54 Å². The highest BCUT2D eigenvalue weighted by atomic mass is 32.2. The van der Waals surface area contributed by atoms with Crippen LogP contribution in [0.2, 0.25) is 0 Å². The molecule has 0 spiro atoms. The van der Waals surface area contributed by atoms with Crippen molar-refractivity contribution in [3.63, 3.8) is 0 Å². The van der Waals surface area contributed by atoms with Crippen molar-refractivity contribution in [2.24, 2.45) is 0 Å². The van der Waals surface area contributed by atoms with E-state index < -0.39 is 12.1 Å². The summed E-state index contributed by atoms with van der Waals surface area (Å²) in [7, 11) is 1.59. The maximum absolute atomic E-state index is 12.0. The Morgan fingerprint density at radius 3 is 2.70 bits per heavy atom. The molecule has 0 aliphatic heterocycles. The van der Waals surface area contributed by atoms with Gasteiger partial charge in [0, 0.05) is 18.5 Å². The first-order chi connectivity index (χ1) is 10.8. The van der Waals surface area contributed by atoms with Gasteiger partial charge in [-0.15, -0.1) is 11.8 Å². The van der Waals surface area contributed by atoms with Crippen molar-refractivity contribution >= 4 is 23.6 Å². The fourth-order valence-corrected chi connectivity index (χ4v) is 2.81. The molecule has 1 amide bonds. The molecule has 0 heterocycles. The highest BCUT2D eigenvalue weighted by Gasteiger charge is 2.21. The van der Waals surface area contributed by atoms with Gasteiger partial charge in [0.1, 0.15) is 0 Å². The smallest absolute Gasteiger partial charge is 0.317 e. The summed E-state index contributed by atoms with van der Waals surface area (Å²) in [6.45, 7) is 5.89. The average Bonchev–Trinajstić information content (AvgIpc) is 2.50. The number of hydrogen-bond acceptors (Lipinski definition) is 5. The Balaban J connectivity index is 2.46. The van der Waals surface area contributed by atoms with E-state index >= 15 is 0 Å². The molecule has 0 N–H and O–H groups in total. The molecule has 1 atom stereocenters. The summed E-state index contributed by atoms with van der Waals surface area (Å²) < 4.78 is 5.16. The third-order valence-electron chi connectivity index (χ3n) is 3.27. The molecule has 23 heavy (non-hydrogen) atoms. The monoisotopic (exact) mass is 334 g/mol. The molecule has 0 aliphatic carbocycles. The number of benzene rings is 1. The van der Waals surface area contributed by atoms with Crippen LogP contribution in [0.15, 0.2) is 23.1 Å². The van der Waals surface area contributed by atoms with Gasteiger partial charge in [-0.05, 0) is 32.4 Å². The van der Waals surface area contributed by atoms with Crippen LogP contribution in [0.25, 0.3) is 0 Å². The summed E-state index contributed by atoms with van der Waals surface area (Å²) in [6.07, 6.45) is -0.586. The number of thioether (sulfide) groups is 1. The molecule has 0 unspecified atom stereocenters. The lowest BCUT2D eigenvalue weighted by Crippen LogP contribution is -2.38. The van der Waals surface area contributed by atoms with E-state index in [2.05, 4.69) is 6.07 Å². The van der Waals surface area contributed by atoms with Crippen molar-refractivity contribution in [3.8, 4) is 6.07 Å². The molecule has 124 valence electrons. The second kappa shape index (κ2) is 9.21. The number of esters is 1. The molecule has 0 aliphatic rings. The molecule has 6 heteroatoms. The van der Waals surface area contributed by atoms with E-state index in [1.807, 2.05) is 32.0 Å². The number of amides is 1. The molecule has 1 aromatic carbocycles. The number of nitrogens with zero attached hydrogens (tertiary/aromatic N) is 2. The molecule has 5 nitrogen and oxygen atoms in total. The Bertz CT molecular complexity index is 610. The second-order valence-electron chi connectivity index (χ2n) is 5.36. The minimum absolute atomic E-state index is 0.156. The highest BCUT2D eigenvalue weighted by Crippen LogP contribution is 2.23. The maximum atomic E-state index is 12.0. The van der Waals surface area contributed by atoms with E-state index in [1.54, 1.807) is 14.0 Å². The van der Waals surface area contributed by atoms with Crippen LogP contribution in [0.3, 0.4) is 0 Å². The van der Waals surface area contributed by atoms with Gasteiger partial charge in [0.15, 0.2) is 6.10 Å². The first kappa shape index (κ1) is 19.0. The van der Waals surface area contributed by atoms with E-state index in [0.717, 1.165) is 10.5 Å². The Labute approximate surface area is 141 Å². The van der Waals surface area contributed by atoms with Crippen LogP contribution >= 0.6 is 11.8 Å². The second-order valence-corrected chi connectivity index (χ2v) is 6.37. The fraction of sp³-hybridized carbons (Fsp3) is 0.471. The van der Waals surface area contributed by atoms with E-state index in [9.17, 15) is 9.59 Å².